The topological polar surface area (TPSA) is 26.3 Å². The maximum Gasteiger partial charge on any atom is 0.163 e. The number of aryl methyl sites for hydroxylation is 3. The first kappa shape index (κ1) is 13.9. The molecule has 0 amide bonds. The molecule has 2 aromatic carbocycles. The van der Waals surface area contributed by atoms with Gasteiger partial charge >= 0.3 is 0 Å². The zero-order chi connectivity index (χ0) is 14.8. The molecule has 0 saturated heterocycles. The Labute approximate surface area is 125 Å². The highest BCUT2D eigenvalue weighted by Gasteiger charge is 2.17. The van der Waals surface area contributed by atoms with Crippen molar-refractivity contribution in [3.8, 4) is 5.75 Å². The fourth-order valence-corrected chi connectivity index (χ4v) is 2.77. The second kappa shape index (κ2) is 5.72. The first-order chi connectivity index (χ1) is 10.1. The van der Waals surface area contributed by atoms with Crippen LogP contribution in [-0.4, -0.2) is 5.78 Å². The summed E-state index contributed by atoms with van der Waals surface area (Å²) >= 11 is 0. The number of benzene rings is 2. The average Bonchev–Trinajstić information content (AvgIpc) is 2.49. The number of carbonyl (C=O) groups excluding carboxylic acids is 1. The number of carbonyl (C=O) groups is 1. The predicted octanol–water partition coefficient (Wildman–Crippen LogP) is 4.40. The molecular formula is C19H20O2. The Bertz CT molecular complexity index is 686. The van der Waals surface area contributed by atoms with E-state index >= 15 is 0 Å². The molecule has 1 aliphatic rings. The third-order valence-electron chi connectivity index (χ3n) is 4.20. The summed E-state index contributed by atoms with van der Waals surface area (Å²) < 4.78 is 5.88. The van der Waals surface area contributed by atoms with E-state index in [1.54, 1.807) is 0 Å². The number of ketones is 1. The highest BCUT2D eigenvalue weighted by molar-refractivity contribution is 5.98. The molecule has 0 N–H and O–H groups in total. The number of ether oxygens (including phenoxy) is 1. The van der Waals surface area contributed by atoms with Crippen LogP contribution in [0.5, 0.6) is 5.75 Å². The van der Waals surface area contributed by atoms with Crippen molar-refractivity contribution >= 4 is 5.78 Å². The monoisotopic (exact) mass is 280 g/mol. The Morgan fingerprint density at radius 3 is 2.67 bits per heavy atom. The molecule has 2 heteroatoms. The van der Waals surface area contributed by atoms with Crippen LogP contribution in [0.3, 0.4) is 0 Å². The van der Waals surface area contributed by atoms with E-state index in [9.17, 15) is 4.79 Å². The largest absolute Gasteiger partial charge is 0.489 e. The van der Waals surface area contributed by atoms with Crippen LogP contribution in [-0.2, 0) is 13.0 Å². The summed E-state index contributed by atoms with van der Waals surface area (Å²) in [4.78, 5) is 11.8. The molecule has 2 nitrogen and oxygen atoms in total. The molecule has 2 aromatic rings. The van der Waals surface area contributed by atoms with Gasteiger partial charge in [0.25, 0.3) is 0 Å². The minimum absolute atomic E-state index is 0.261. The van der Waals surface area contributed by atoms with Crippen LogP contribution in [0.1, 0.15) is 45.5 Å². The van der Waals surface area contributed by atoms with Gasteiger partial charge in [0.15, 0.2) is 5.78 Å². The summed E-state index contributed by atoms with van der Waals surface area (Å²) in [5.74, 6) is 1.11. The van der Waals surface area contributed by atoms with Gasteiger partial charge in [-0.25, -0.2) is 0 Å². The van der Waals surface area contributed by atoms with E-state index in [1.165, 1.54) is 16.7 Å². The number of fused-ring (bicyclic) bond motifs is 1. The molecular weight excluding hydrogens is 260 g/mol. The van der Waals surface area contributed by atoms with Crippen molar-refractivity contribution in [2.45, 2.75) is 39.7 Å². The number of hydrogen-bond donors (Lipinski definition) is 0. The fourth-order valence-electron chi connectivity index (χ4n) is 2.77. The van der Waals surface area contributed by atoms with E-state index in [1.807, 2.05) is 18.2 Å². The molecule has 0 aliphatic heterocycles. The molecule has 21 heavy (non-hydrogen) atoms. The van der Waals surface area contributed by atoms with Crippen LogP contribution in [0, 0.1) is 13.8 Å². The molecule has 0 saturated carbocycles. The third-order valence-corrected chi connectivity index (χ3v) is 4.20. The van der Waals surface area contributed by atoms with Crippen molar-refractivity contribution in [1.29, 1.82) is 0 Å². The van der Waals surface area contributed by atoms with Crippen LogP contribution >= 0.6 is 0 Å². The van der Waals surface area contributed by atoms with Crippen molar-refractivity contribution in [3.05, 3.63) is 64.2 Å². The average molecular weight is 280 g/mol. The van der Waals surface area contributed by atoms with Crippen LogP contribution in [0.25, 0.3) is 0 Å². The lowest BCUT2D eigenvalue weighted by Gasteiger charge is -2.16. The highest BCUT2D eigenvalue weighted by Crippen LogP contribution is 2.26. The number of hydrogen-bond acceptors (Lipinski definition) is 2. The minimum Gasteiger partial charge on any atom is -0.489 e. The van der Waals surface area contributed by atoms with Crippen molar-refractivity contribution in [1.82, 2.24) is 0 Å². The Balaban J connectivity index is 1.73. The molecule has 0 radical (unpaired) electrons. The van der Waals surface area contributed by atoms with Crippen LogP contribution < -0.4 is 4.74 Å². The zero-order valence-electron chi connectivity index (χ0n) is 12.6. The third kappa shape index (κ3) is 2.99. The van der Waals surface area contributed by atoms with Gasteiger partial charge in [-0.15, -0.1) is 0 Å². The van der Waals surface area contributed by atoms with Crippen LogP contribution in [0.2, 0.25) is 0 Å². The minimum atomic E-state index is 0.261. The van der Waals surface area contributed by atoms with Gasteiger partial charge < -0.3 is 4.74 Å². The maximum atomic E-state index is 11.8. The molecule has 0 spiro atoms. The van der Waals surface area contributed by atoms with Gasteiger partial charge in [0.05, 0.1) is 0 Å². The van der Waals surface area contributed by atoms with Crippen molar-refractivity contribution in [2.75, 3.05) is 0 Å². The van der Waals surface area contributed by atoms with Gasteiger partial charge in [0.1, 0.15) is 12.4 Å². The summed E-state index contributed by atoms with van der Waals surface area (Å²) in [6.07, 6.45) is 2.60. The van der Waals surface area contributed by atoms with Gasteiger partial charge in [0, 0.05) is 12.0 Å². The first-order valence-electron chi connectivity index (χ1n) is 7.48. The molecule has 0 unspecified atom stereocenters. The van der Waals surface area contributed by atoms with Crippen LogP contribution in [0.15, 0.2) is 36.4 Å². The summed E-state index contributed by atoms with van der Waals surface area (Å²) in [7, 11) is 0. The number of Topliss-reactive ketones (excluding diaryl/α,β-unsaturated/α-hetero) is 1. The normalized spacial score (nSPS) is 13.9. The van der Waals surface area contributed by atoms with Gasteiger partial charge in [-0.05, 0) is 67.1 Å². The second-order valence-corrected chi connectivity index (χ2v) is 5.80. The van der Waals surface area contributed by atoms with E-state index in [0.717, 1.165) is 29.7 Å². The van der Waals surface area contributed by atoms with Crippen molar-refractivity contribution < 1.29 is 9.53 Å². The van der Waals surface area contributed by atoms with Crippen LogP contribution in [0.4, 0.5) is 0 Å². The van der Waals surface area contributed by atoms with Crippen molar-refractivity contribution in [3.63, 3.8) is 0 Å². The molecule has 1 aliphatic carbocycles. The first-order valence-corrected chi connectivity index (χ1v) is 7.48. The van der Waals surface area contributed by atoms with E-state index in [0.29, 0.717) is 13.0 Å². The molecule has 0 aromatic heterocycles. The van der Waals surface area contributed by atoms with Gasteiger partial charge in [-0.1, -0.05) is 18.2 Å². The van der Waals surface area contributed by atoms with E-state index in [4.69, 9.17) is 4.74 Å². The molecule has 0 atom stereocenters. The Hall–Kier alpha value is -2.09. The Morgan fingerprint density at radius 2 is 1.86 bits per heavy atom. The van der Waals surface area contributed by atoms with Gasteiger partial charge in [0.2, 0.25) is 0 Å². The van der Waals surface area contributed by atoms with E-state index < -0.39 is 0 Å². The summed E-state index contributed by atoms with van der Waals surface area (Å²) in [6, 6.07) is 12.2. The highest BCUT2D eigenvalue weighted by atomic mass is 16.5. The Morgan fingerprint density at radius 1 is 1.00 bits per heavy atom. The predicted molar refractivity (Wildman–Crippen MR) is 84.0 cm³/mol. The SMILES string of the molecule is Cc1ccc(COc2ccc3c(c2)CCCC3=O)cc1C. The molecule has 108 valence electrons. The molecule has 0 heterocycles. The maximum absolute atomic E-state index is 11.8. The van der Waals surface area contributed by atoms with E-state index in [2.05, 4.69) is 32.0 Å². The smallest absolute Gasteiger partial charge is 0.163 e. The number of rotatable bonds is 3. The molecule has 0 fully saturated rings. The zero-order valence-corrected chi connectivity index (χ0v) is 12.6. The molecule has 0 bridgehead atoms. The van der Waals surface area contributed by atoms with Crippen molar-refractivity contribution in [2.24, 2.45) is 0 Å². The standard InChI is InChI=1S/C19H20O2/c1-13-6-7-15(10-14(13)2)12-21-17-8-9-18-16(11-17)4-3-5-19(18)20/h6-11H,3-5,12H2,1-2H3. The lowest BCUT2D eigenvalue weighted by Crippen LogP contribution is -2.10. The molecule has 3 rings (SSSR count). The second-order valence-electron chi connectivity index (χ2n) is 5.80. The summed E-state index contributed by atoms with van der Waals surface area (Å²) in [6.45, 7) is 4.79. The van der Waals surface area contributed by atoms with Gasteiger partial charge in [-0.3, -0.25) is 4.79 Å². The summed E-state index contributed by atoms with van der Waals surface area (Å²) in [5, 5.41) is 0. The lowest BCUT2D eigenvalue weighted by molar-refractivity contribution is 0.0972. The Kier molecular flexibility index (Phi) is 3.78. The lowest BCUT2D eigenvalue weighted by atomic mass is 9.90. The summed E-state index contributed by atoms with van der Waals surface area (Å²) in [5.41, 5.74) is 5.76. The quantitative estimate of drug-likeness (QED) is 0.833. The van der Waals surface area contributed by atoms with E-state index in [-0.39, 0.29) is 5.78 Å². The van der Waals surface area contributed by atoms with Gasteiger partial charge in [-0.2, -0.15) is 0 Å². The fraction of sp³-hybridized carbons (Fsp3) is 0.316.